The number of carbonyl (C=O) groups excluding carboxylic acids is 2. The van der Waals surface area contributed by atoms with Crippen molar-refractivity contribution < 1.29 is 14.9 Å². The molecular weight excluding hydrogens is 296 g/mol. The Kier molecular flexibility index (Phi) is 5.54. The van der Waals surface area contributed by atoms with Crippen LogP contribution in [0.1, 0.15) is 15.9 Å². The Morgan fingerprint density at radius 1 is 1.04 bits per heavy atom. The smallest absolute Gasteiger partial charge is 0.257 e. The van der Waals surface area contributed by atoms with Gasteiger partial charge in [0.25, 0.3) is 5.91 Å². The van der Waals surface area contributed by atoms with Crippen LogP contribution in [0, 0.1) is 4.91 Å². The Morgan fingerprint density at radius 2 is 1.70 bits per heavy atom. The van der Waals surface area contributed by atoms with E-state index >= 15 is 0 Å². The monoisotopic (exact) mass is 313 g/mol. The van der Waals surface area contributed by atoms with Gasteiger partial charge in [0.05, 0.1) is 6.04 Å². The van der Waals surface area contributed by atoms with Crippen LogP contribution >= 0.6 is 0 Å². The fourth-order valence-corrected chi connectivity index (χ4v) is 2.00. The molecule has 2 aromatic carbocycles. The molecule has 118 valence electrons. The first-order valence-electron chi connectivity index (χ1n) is 6.98. The van der Waals surface area contributed by atoms with Crippen molar-refractivity contribution in [2.24, 2.45) is 5.73 Å². The largest absolute Gasteiger partial charge is 0.320 e. The average Bonchev–Trinajstić information content (AvgIpc) is 2.56. The van der Waals surface area contributed by atoms with E-state index < -0.39 is 17.9 Å². The van der Waals surface area contributed by atoms with Crippen LogP contribution in [0.3, 0.4) is 0 Å². The number of hydrazine groups is 1. The molecule has 0 saturated heterocycles. The van der Waals surface area contributed by atoms with E-state index in [4.69, 9.17) is 5.73 Å². The summed E-state index contributed by atoms with van der Waals surface area (Å²) in [4.78, 5) is 34.2. The van der Waals surface area contributed by atoms with Gasteiger partial charge >= 0.3 is 0 Å². The van der Waals surface area contributed by atoms with E-state index in [1.54, 1.807) is 0 Å². The Balaban J connectivity index is 1.93. The van der Waals surface area contributed by atoms with Crippen LogP contribution in [0.5, 0.6) is 0 Å². The third kappa shape index (κ3) is 4.72. The number of hydrogen-bond acceptors (Lipinski definition) is 4. The average molecular weight is 313 g/mol. The first kappa shape index (κ1) is 16.3. The van der Waals surface area contributed by atoms with Gasteiger partial charge in [-0.05, 0) is 36.2 Å². The summed E-state index contributed by atoms with van der Waals surface area (Å²) in [6.07, 6.45) is 0.345. The van der Waals surface area contributed by atoms with Gasteiger partial charge in [-0.1, -0.05) is 30.3 Å². The van der Waals surface area contributed by atoms with E-state index in [0.29, 0.717) is 17.7 Å². The second-order valence-electron chi connectivity index (χ2n) is 4.92. The van der Waals surface area contributed by atoms with Crippen molar-refractivity contribution in [3.05, 3.63) is 70.6 Å². The van der Waals surface area contributed by atoms with E-state index in [1.165, 1.54) is 29.6 Å². The molecule has 0 bridgehead atoms. The molecular formula is C16H17N4O3+. The van der Waals surface area contributed by atoms with E-state index in [9.17, 15) is 14.5 Å². The number of rotatable bonds is 6. The van der Waals surface area contributed by atoms with Crippen LogP contribution in [0.2, 0.25) is 0 Å². The summed E-state index contributed by atoms with van der Waals surface area (Å²) in [5.74, 6) is -1.08. The van der Waals surface area contributed by atoms with Crippen molar-refractivity contribution in [1.82, 2.24) is 5.32 Å². The molecule has 5 N–H and O–H groups in total. The molecule has 2 rings (SSSR count). The van der Waals surface area contributed by atoms with Crippen LogP contribution in [-0.4, -0.2) is 17.9 Å². The molecule has 7 nitrogen and oxygen atoms in total. The molecule has 0 saturated carbocycles. The topological polar surface area (TPSA) is 115 Å². The predicted octanol–water partition coefficient (Wildman–Crippen LogP) is -0.313. The quantitative estimate of drug-likeness (QED) is 0.546. The van der Waals surface area contributed by atoms with E-state index in [2.05, 4.69) is 10.7 Å². The summed E-state index contributed by atoms with van der Waals surface area (Å²) in [6, 6.07) is 14.6. The van der Waals surface area contributed by atoms with Crippen LogP contribution in [-0.2, 0) is 11.2 Å². The fourth-order valence-electron chi connectivity index (χ4n) is 2.00. The maximum atomic E-state index is 12.0. The Bertz CT molecular complexity index is 686. The molecule has 2 amide bonds. The number of nitroso groups, excluding NO2 is 1. The first-order chi connectivity index (χ1) is 11.1. The van der Waals surface area contributed by atoms with Gasteiger partial charge in [-0.25, -0.2) is 0 Å². The normalized spacial score (nSPS) is 11.3. The summed E-state index contributed by atoms with van der Waals surface area (Å²) in [6.45, 7) is 0. The van der Waals surface area contributed by atoms with Crippen LogP contribution in [0.4, 0.5) is 5.69 Å². The van der Waals surface area contributed by atoms with E-state index in [0.717, 1.165) is 5.56 Å². The molecule has 0 spiro atoms. The summed E-state index contributed by atoms with van der Waals surface area (Å²) in [5, 5.41) is 3.80. The fraction of sp³-hybridized carbons (Fsp3) is 0.125. The Hall–Kier alpha value is -3.06. The lowest BCUT2D eigenvalue weighted by Gasteiger charge is -2.11. The van der Waals surface area contributed by atoms with Gasteiger partial charge in [0, 0.05) is 10.5 Å². The number of imide groups is 1. The number of nitrogens with two attached hydrogens (primary N) is 1. The van der Waals surface area contributed by atoms with Gasteiger partial charge in [0.2, 0.25) is 5.91 Å². The van der Waals surface area contributed by atoms with Crippen molar-refractivity contribution in [1.29, 1.82) is 0 Å². The maximum absolute atomic E-state index is 12.0. The molecule has 0 aromatic heterocycles. The summed E-state index contributed by atoms with van der Waals surface area (Å²) >= 11 is 0. The predicted molar refractivity (Wildman–Crippen MR) is 85.0 cm³/mol. The van der Waals surface area contributed by atoms with Crippen molar-refractivity contribution in [2.75, 3.05) is 5.43 Å². The third-order valence-corrected chi connectivity index (χ3v) is 3.21. The van der Waals surface area contributed by atoms with Gasteiger partial charge in [-0.15, -0.1) is 5.43 Å². The standard InChI is InChI=1S/C16H16N4O3/c17-14(10-11-4-2-1-3-5-11)16(22)18-15(21)12-6-8-13(9-7-12)19-20-23/h1-9,14H,10,17H2,(H,19,23)(H,18,21,22)/p+1/t14-/m0/s1. The molecule has 0 unspecified atom stereocenters. The van der Waals surface area contributed by atoms with Gasteiger partial charge < -0.3 is 5.73 Å². The number of nitrogens with one attached hydrogen (secondary N) is 3. The highest BCUT2D eigenvalue weighted by Gasteiger charge is 2.17. The van der Waals surface area contributed by atoms with E-state index in [-0.39, 0.29) is 0 Å². The molecule has 0 aliphatic rings. The Morgan fingerprint density at radius 3 is 2.30 bits per heavy atom. The number of anilines is 1. The Labute approximate surface area is 132 Å². The van der Waals surface area contributed by atoms with Gasteiger partial charge in [-0.2, -0.15) is 0 Å². The van der Waals surface area contributed by atoms with Crippen LogP contribution < -0.4 is 21.8 Å². The zero-order valence-corrected chi connectivity index (χ0v) is 12.3. The molecule has 7 heteroatoms. The van der Waals surface area contributed by atoms with Crippen molar-refractivity contribution >= 4 is 17.5 Å². The molecule has 2 aromatic rings. The SMILES string of the molecule is N[C@@H](Cc1ccccc1)C(=O)NC(=O)c1ccc(N[NH+]=O)cc1. The lowest BCUT2D eigenvalue weighted by Crippen LogP contribution is -2.69. The zero-order chi connectivity index (χ0) is 16.7. The minimum atomic E-state index is -0.813. The summed E-state index contributed by atoms with van der Waals surface area (Å²) in [5.41, 5.74) is 9.87. The van der Waals surface area contributed by atoms with Crippen LogP contribution in [0.25, 0.3) is 0 Å². The third-order valence-electron chi connectivity index (χ3n) is 3.21. The second kappa shape index (κ2) is 7.81. The van der Waals surface area contributed by atoms with Crippen molar-refractivity contribution in [3.8, 4) is 0 Å². The lowest BCUT2D eigenvalue weighted by molar-refractivity contribution is -0.443. The second-order valence-corrected chi connectivity index (χ2v) is 4.92. The number of carbonyl (C=O) groups is 2. The minimum Gasteiger partial charge on any atom is -0.320 e. The molecule has 0 radical (unpaired) electrons. The molecule has 0 aliphatic heterocycles. The first-order valence-corrected chi connectivity index (χ1v) is 6.98. The highest BCUT2D eigenvalue weighted by atomic mass is 16.3. The molecule has 0 heterocycles. The summed E-state index contributed by atoms with van der Waals surface area (Å²) in [7, 11) is 0. The van der Waals surface area contributed by atoms with Crippen LogP contribution in [0.15, 0.2) is 54.6 Å². The number of amides is 2. The zero-order valence-electron chi connectivity index (χ0n) is 12.3. The minimum absolute atomic E-state index is 0.293. The maximum Gasteiger partial charge on any atom is 0.257 e. The molecule has 23 heavy (non-hydrogen) atoms. The lowest BCUT2D eigenvalue weighted by atomic mass is 10.1. The van der Waals surface area contributed by atoms with Crippen molar-refractivity contribution in [3.63, 3.8) is 0 Å². The highest BCUT2D eigenvalue weighted by Crippen LogP contribution is 2.08. The van der Waals surface area contributed by atoms with Crippen molar-refractivity contribution in [2.45, 2.75) is 12.5 Å². The summed E-state index contributed by atoms with van der Waals surface area (Å²) < 4.78 is 0. The van der Waals surface area contributed by atoms with Gasteiger partial charge in [0.1, 0.15) is 11.0 Å². The number of hydrogen-bond donors (Lipinski definition) is 4. The van der Waals surface area contributed by atoms with Gasteiger partial charge in [0.15, 0.2) is 0 Å². The molecule has 0 aliphatic carbocycles. The number of benzene rings is 2. The van der Waals surface area contributed by atoms with Gasteiger partial charge in [-0.3, -0.25) is 14.9 Å². The van der Waals surface area contributed by atoms with E-state index in [1.807, 2.05) is 30.3 Å². The highest BCUT2D eigenvalue weighted by molar-refractivity contribution is 6.06. The molecule has 1 atom stereocenters. The molecule has 0 fully saturated rings.